The highest BCUT2D eigenvalue weighted by Gasteiger charge is 2.18. The van der Waals surface area contributed by atoms with E-state index in [9.17, 15) is 4.79 Å². The Balaban J connectivity index is 0.00000625. The molecule has 1 aromatic rings. The molecule has 0 saturated carbocycles. The molecule has 0 saturated heterocycles. The first-order chi connectivity index (χ1) is 11.4. The number of nitrogens with zero attached hydrogens (tertiary/aromatic N) is 3. The molecule has 0 aliphatic rings. The van der Waals surface area contributed by atoms with E-state index in [1.807, 2.05) is 39.6 Å². The average Bonchev–Trinajstić information content (AvgIpc) is 2.89. The van der Waals surface area contributed by atoms with Crippen LogP contribution in [-0.4, -0.2) is 47.4 Å². The first kappa shape index (κ1) is 25.1. The molecular weight excluding hydrogens is 461 g/mol. The number of thiazole rings is 1. The van der Waals surface area contributed by atoms with Crippen molar-refractivity contribution in [2.75, 3.05) is 20.1 Å². The van der Waals surface area contributed by atoms with Gasteiger partial charge in [0.15, 0.2) is 5.96 Å². The van der Waals surface area contributed by atoms with Gasteiger partial charge in [-0.3, -0.25) is 4.79 Å². The summed E-state index contributed by atoms with van der Waals surface area (Å²) in [6.45, 7) is 15.9. The van der Waals surface area contributed by atoms with E-state index >= 15 is 0 Å². The summed E-state index contributed by atoms with van der Waals surface area (Å²) in [4.78, 5) is 23.3. The Morgan fingerprint density at radius 2 is 1.88 bits per heavy atom. The second-order valence-electron chi connectivity index (χ2n) is 8.20. The predicted octanol–water partition coefficient (Wildman–Crippen LogP) is 3.37. The van der Waals surface area contributed by atoms with E-state index in [0.29, 0.717) is 12.5 Å². The third kappa shape index (κ3) is 9.16. The SMILES string of the molecule is CCNC(=NCc1nc(C(C)(C)C)cs1)N(C)CC(=O)NC(C)(C)C.I. The number of guanidine groups is 1. The summed E-state index contributed by atoms with van der Waals surface area (Å²) in [6, 6.07) is 0. The van der Waals surface area contributed by atoms with Gasteiger partial charge in [0.1, 0.15) is 5.01 Å². The molecule has 6 nitrogen and oxygen atoms in total. The van der Waals surface area contributed by atoms with Gasteiger partial charge in [-0.1, -0.05) is 20.8 Å². The van der Waals surface area contributed by atoms with Crippen LogP contribution in [-0.2, 0) is 16.8 Å². The van der Waals surface area contributed by atoms with Crippen LogP contribution in [0.1, 0.15) is 59.2 Å². The molecular formula is C18H34IN5OS. The van der Waals surface area contributed by atoms with Gasteiger partial charge in [-0.25, -0.2) is 9.98 Å². The first-order valence-electron chi connectivity index (χ1n) is 8.67. The molecule has 0 spiro atoms. The van der Waals surface area contributed by atoms with Gasteiger partial charge in [-0.2, -0.15) is 0 Å². The number of amides is 1. The van der Waals surface area contributed by atoms with E-state index in [1.165, 1.54) is 0 Å². The van der Waals surface area contributed by atoms with Crippen molar-refractivity contribution >= 4 is 47.2 Å². The van der Waals surface area contributed by atoms with Crippen LogP contribution in [0.5, 0.6) is 0 Å². The molecule has 0 aromatic carbocycles. The van der Waals surface area contributed by atoms with Crippen molar-refractivity contribution < 1.29 is 4.79 Å². The van der Waals surface area contributed by atoms with Crippen molar-refractivity contribution in [3.63, 3.8) is 0 Å². The summed E-state index contributed by atoms with van der Waals surface area (Å²) in [6.07, 6.45) is 0. The van der Waals surface area contributed by atoms with Crippen LogP contribution in [0.25, 0.3) is 0 Å². The topological polar surface area (TPSA) is 69.6 Å². The molecule has 1 amide bonds. The van der Waals surface area contributed by atoms with E-state index < -0.39 is 0 Å². The van der Waals surface area contributed by atoms with Gasteiger partial charge in [0, 0.05) is 29.9 Å². The van der Waals surface area contributed by atoms with Crippen molar-refractivity contribution in [3.05, 3.63) is 16.1 Å². The minimum Gasteiger partial charge on any atom is -0.357 e. The molecule has 2 N–H and O–H groups in total. The number of likely N-dealkylation sites (N-methyl/N-ethyl adjacent to an activating group) is 1. The summed E-state index contributed by atoms with van der Waals surface area (Å²) in [5.41, 5.74) is 0.897. The van der Waals surface area contributed by atoms with Gasteiger partial charge in [0.2, 0.25) is 5.91 Å². The summed E-state index contributed by atoms with van der Waals surface area (Å²) in [5.74, 6) is 0.684. The normalized spacial score (nSPS) is 12.4. The molecule has 0 radical (unpaired) electrons. The van der Waals surface area contributed by atoms with E-state index in [4.69, 9.17) is 0 Å². The molecule has 0 bridgehead atoms. The fourth-order valence-corrected chi connectivity index (χ4v) is 3.03. The van der Waals surface area contributed by atoms with Crippen LogP contribution in [0.2, 0.25) is 0 Å². The fraction of sp³-hybridized carbons (Fsp3) is 0.722. The molecule has 0 aliphatic carbocycles. The molecule has 0 fully saturated rings. The predicted molar refractivity (Wildman–Crippen MR) is 122 cm³/mol. The van der Waals surface area contributed by atoms with E-state index in [-0.39, 0.29) is 47.4 Å². The third-order valence-electron chi connectivity index (χ3n) is 3.28. The lowest BCUT2D eigenvalue weighted by Crippen LogP contribution is -2.48. The Hall–Kier alpha value is -0.900. The highest BCUT2D eigenvalue weighted by Crippen LogP contribution is 2.24. The van der Waals surface area contributed by atoms with Crippen molar-refractivity contribution in [2.45, 2.75) is 66.0 Å². The monoisotopic (exact) mass is 495 g/mol. The number of rotatable bonds is 5. The number of carbonyl (C=O) groups excluding carboxylic acids is 1. The number of nitrogens with one attached hydrogen (secondary N) is 2. The number of carbonyl (C=O) groups is 1. The van der Waals surface area contributed by atoms with E-state index in [0.717, 1.165) is 17.2 Å². The summed E-state index contributed by atoms with van der Waals surface area (Å²) >= 11 is 1.63. The maximum atomic E-state index is 12.1. The van der Waals surface area contributed by atoms with Gasteiger partial charge in [0.25, 0.3) is 0 Å². The van der Waals surface area contributed by atoms with Crippen LogP contribution in [0, 0.1) is 0 Å². The van der Waals surface area contributed by atoms with Crippen molar-refractivity contribution in [1.82, 2.24) is 20.5 Å². The maximum Gasteiger partial charge on any atom is 0.240 e. The molecule has 150 valence electrons. The molecule has 0 aliphatic heterocycles. The van der Waals surface area contributed by atoms with Crippen LogP contribution in [0.3, 0.4) is 0 Å². The second kappa shape index (κ2) is 10.4. The summed E-state index contributed by atoms with van der Waals surface area (Å²) < 4.78 is 0. The molecule has 1 aromatic heterocycles. The van der Waals surface area contributed by atoms with Crippen LogP contribution >= 0.6 is 35.3 Å². The Kier molecular flexibility index (Phi) is 10.1. The zero-order chi connectivity index (χ0) is 19.3. The second-order valence-corrected chi connectivity index (χ2v) is 9.14. The number of aromatic nitrogens is 1. The molecule has 0 atom stereocenters. The number of hydrogen-bond donors (Lipinski definition) is 2. The first-order valence-corrected chi connectivity index (χ1v) is 9.55. The Morgan fingerprint density at radius 1 is 1.27 bits per heavy atom. The molecule has 1 rings (SSSR count). The van der Waals surface area contributed by atoms with Gasteiger partial charge in [-0.15, -0.1) is 35.3 Å². The Labute approximate surface area is 179 Å². The van der Waals surface area contributed by atoms with Crippen LogP contribution in [0.15, 0.2) is 10.4 Å². The quantitative estimate of drug-likeness (QED) is 0.374. The van der Waals surface area contributed by atoms with Gasteiger partial charge < -0.3 is 15.5 Å². The van der Waals surface area contributed by atoms with Gasteiger partial charge >= 0.3 is 0 Å². The summed E-state index contributed by atoms with van der Waals surface area (Å²) in [7, 11) is 1.87. The maximum absolute atomic E-state index is 12.1. The number of halogens is 1. The Morgan fingerprint density at radius 3 is 2.35 bits per heavy atom. The lowest BCUT2D eigenvalue weighted by atomic mass is 9.93. The van der Waals surface area contributed by atoms with E-state index in [1.54, 1.807) is 11.3 Å². The van der Waals surface area contributed by atoms with Crippen molar-refractivity contribution in [1.29, 1.82) is 0 Å². The lowest BCUT2D eigenvalue weighted by molar-refractivity contribution is -0.122. The van der Waals surface area contributed by atoms with Crippen molar-refractivity contribution in [2.24, 2.45) is 4.99 Å². The third-order valence-corrected chi connectivity index (χ3v) is 4.11. The highest BCUT2D eigenvalue weighted by atomic mass is 127. The minimum atomic E-state index is -0.238. The van der Waals surface area contributed by atoms with Crippen LogP contribution in [0.4, 0.5) is 0 Å². The lowest BCUT2D eigenvalue weighted by Gasteiger charge is -2.25. The van der Waals surface area contributed by atoms with Crippen LogP contribution < -0.4 is 10.6 Å². The summed E-state index contributed by atoms with van der Waals surface area (Å²) in [5, 5.41) is 9.27. The molecule has 26 heavy (non-hydrogen) atoms. The van der Waals surface area contributed by atoms with Gasteiger partial charge in [-0.05, 0) is 27.7 Å². The highest BCUT2D eigenvalue weighted by molar-refractivity contribution is 14.0. The molecule has 1 heterocycles. The minimum absolute atomic E-state index is 0. The van der Waals surface area contributed by atoms with Gasteiger partial charge in [0.05, 0.1) is 18.8 Å². The molecule has 0 unspecified atom stereocenters. The number of hydrogen-bond acceptors (Lipinski definition) is 4. The largest absolute Gasteiger partial charge is 0.357 e. The van der Waals surface area contributed by atoms with E-state index in [2.05, 4.69) is 46.8 Å². The standard InChI is InChI=1S/C18H33N5OS.HI/c1-9-19-16(23(8)11-14(24)22-18(5,6)7)20-10-15-21-13(12-25-15)17(2,3)4;/h12H,9-11H2,1-8H3,(H,19,20)(H,22,24);1H. The zero-order valence-corrected chi connectivity index (χ0v) is 20.4. The smallest absolute Gasteiger partial charge is 0.240 e. The number of aliphatic imine (C=N–C) groups is 1. The van der Waals surface area contributed by atoms with Crippen molar-refractivity contribution in [3.8, 4) is 0 Å². The Bertz CT molecular complexity index is 601. The zero-order valence-electron chi connectivity index (χ0n) is 17.3. The average molecular weight is 495 g/mol. The fourth-order valence-electron chi connectivity index (χ4n) is 2.09. The molecule has 8 heteroatoms.